The Morgan fingerprint density at radius 3 is 2.77 bits per heavy atom. The van der Waals surface area contributed by atoms with Crippen LogP contribution in [0.3, 0.4) is 0 Å². The highest BCUT2D eigenvalue weighted by Crippen LogP contribution is 2.22. The molecule has 0 bridgehead atoms. The SMILES string of the molecule is O=C(CCc1ccc(-c2ccccc2)o1)N[C@H]1CCNC1=O. The molecule has 2 amide bonds. The van der Waals surface area contributed by atoms with E-state index in [0.717, 1.165) is 17.1 Å². The highest BCUT2D eigenvalue weighted by atomic mass is 16.3. The van der Waals surface area contributed by atoms with Gasteiger partial charge in [0.05, 0.1) is 0 Å². The van der Waals surface area contributed by atoms with E-state index < -0.39 is 0 Å². The standard InChI is InChI=1S/C17H18N2O3/c20-16(19-14-10-11-18-17(14)21)9-7-13-6-8-15(22-13)12-4-2-1-3-5-12/h1-6,8,14H,7,9-11H2,(H,18,21)(H,19,20)/t14-/m0/s1. The summed E-state index contributed by atoms with van der Waals surface area (Å²) < 4.78 is 5.75. The van der Waals surface area contributed by atoms with Gasteiger partial charge in [0, 0.05) is 24.9 Å². The molecular weight excluding hydrogens is 280 g/mol. The molecule has 1 aromatic heterocycles. The maximum atomic E-state index is 11.9. The smallest absolute Gasteiger partial charge is 0.242 e. The van der Waals surface area contributed by atoms with Crippen molar-refractivity contribution in [1.29, 1.82) is 0 Å². The fraction of sp³-hybridized carbons (Fsp3) is 0.294. The summed E-state index contributed by atoms with van der Waals surface area (Å²) in [5, 5.41) is 5.44. The van der Waals surface area contributed by atoms with E-state index in [2.05, 4.69) is 10.6 Å². The second kappa shape index (κ2) is 6.47. The van der Waals surface area contributed by atoms with Crippen molar-refractivity contribution in [3.63, 3.8) is 0 Å². The van der Waals surface area contributed by atoms with Crippen LogP contribution in [0.2, 0.25) is 0 Å². The minimum atomic E-state index is -0.385. The van der Waals surface area contributed by atoms with Crippen molar-refractivity contribution < 1.29 is 14.0 Å². The first-order valence-electron chi connectivity index (χ1n) is 7.43. The molecule has 1 fully saturated rings. The molecule has 2 heterocycles. The Hall–Kier alpha value is -2.56. The van der Waals surface area contributed by atoms with Gasteiger partial charge in [0.2, 0.25) is 11.8 Å². The summed E-state index contributed by atoms with van der Waals surface area (Å²) in [6.07, 6.45) is 1.49. The van der Waals surface area contributed by atoms with Gasteiger partial charge in [-0.3, -0.25) is 9.59 Å². The fourth-order valence-electron chi connectivity index (χ4n) is 2.50. The lowest BCUT2D eigenvalue weighted by Gasteiger charge is -2.09. The van der Waals surface area contributed by atoms with Crippen LogP contribution in [-0.2, 0) is 16.0 Å². The maximum absolute atomic E-state index is 11.9. The van der Waals surface area contributed by atoms with Crippen LogP contribution in [-0.4, -0.2) is 24.4 Å². The van der Waals surface area contributed by atoms with Crippen molar-refractivity contribution in [3.8, 4) is 11.3 Å². The molecule has 2 aromatic rings. The molecule has 0 aliphatic carbocycles. The van der Waals surface area contributed by atoms with E-state index >= 15 is 0 Å². The highest BCUT2D eigenvalue weighted by molar-refractivity contribution is 5.89. The lowest BCUT2D eigenvalue weighted by atomic mass is 10.2. The zero-order valence-corrected chi connectivity index (χ0v) is 12.2. The number of amides is 2. The summed E-state index contributed by atoms with van der Waals surface area (Å²) >= 11 is 0. The van der Waals surface area contributed by atoms with Gasteiger partial charge in [-0.25, -0.2) is 0 Å². The van der Waals surface area contributed by atoms with Gasteiger partial charge < -0.3 is 15.1 Å². The number of aryl methyl sites for hydroxylation is 1. The fourth-order valence-corrected chi connectivity index (χ4v) is 2.50. The molecule has 1 atom stereocenters. The van der Waals surface area contributed by atoms with Crippen molar-refractivity contribution in [2.24, 2.45) is 0 Å². The number of hydrogen-bond acceptors (Lipinski definition) is 3. The van der Waals surface area contributed by atoms with E-state index in [0.29, 0.717) is 25.8 Å². The highest BCUT2D eigenvalue weighted by Gasteiger charge is 2.25. The van der Waals surface area contributed by atoms with Crippen molar-refractivity contribution in [2.75, 3.05) is 6.54 Å². The summed E-state index contributed by atoms with van der Waals surface area (Å²) in [4.78, 5) is 23.3. The normalized spacial score (nSPS) is 17.3. The lowest BCUT2D eigenvalue weighted by Crippen LogP contribution is -2.40. The van der Waals surface area contributed by atoms with Crippen LogP contribution in [0, 0.1) is 0 Å². The van der Waals surface area contributed by atoms with Crippen LogP contribution in [0.15, 0.2) is 46.9 Å². The molecule has 1 saturated heterocycles. The number of hydrogen-bond donors (Lipinski definition) is 2. The molecule has 2 N–H and O–H groups in total. The van der Waals surface area contributed by atoms with Crippen molar-refractivity contribution in [3.05, 3.63) is 48.2 Å². The zero-order chi connectivity index (χ0) is 15.4. The summed E-state index contributed by atoms with van der Waals surface area (Å²) in [6.45, 7) is 0.627. The predicted octanol–water partition coefficient (Wildman–Crippen LogP) is 1.88. The first kappa shape index (κ1) is 14.4. The van der Waals surface area contributed by atoms with Gasteiger partial charge in [-0.1, -0.05) is 30.3 Å². The first-order chi connectivity index (χ1) is 10.7. The molecule has 1 aliphatic heterocycles. The topological polar surface area (TPSA) is 71.3 Å². The molecule has 0 saturated carbocycles. The first-order valence-corrected chi connectivity index (χ1v) is 7.43. The van der Waals surface area contributed by atoms with Gasteiger partial charge in [-0.15, -0.1) is 0 Å². The third-order valence-electron chi connectivity index (χ3n) is 3.70. The molecule has 0 radical (unpaired) electrons. The molecule has 0 spiro atoms. The van der Waals surface area contributed by atoms with Gasteiger partial charge in [-0.05, 0) is 18.6 Å². The molecule has 1 aliphatic rings. The Kier molecular flexibility index (Phi) is 4.23. The minimum Gasteiger partial charge on any atom is -0.461 e. The molecule has 22 heavy (non-hydrogen) atoms. The van der Waals surface area contributed by atoms with E-state index in [4.69, 9.17) is 4.42 Å². The van der Waals surface area contributed by atoms with E-state index in [9.17, 15) is 9.59 Å². The minimum absolute atomic E-state index is 0.0993. The largest absolute Gasteiger partial charge is 0.461 e. The summed E-state index contributed by atoms with van der Waals surface area (Å²) in [7, 11) is 0. The number of nitrogens with one attached hydrogen (secondary N) is 2. The Labute approximate surface area is 128 Å². The second-order valence-corrected chi connectivity index (χ2v) is 5.33. The van der Waals surface area contributed by atoms with E-state index in [1.54, 1.807) is 0 Å². The van der Waals surface area contributed by atoms with Crippen LogP contribution in [0.5, 0.6) is 0 Å². The van der Waals surface area contributed by atoms with Crippen LogP contribution < -0.4 is 10.6 Å². The molecular formula is C17H18N2O3. The van der Waals surface area contributed by atoms with Crippen molar-refractivity contribution in [2.45, 2.75) is 25.3 Å². The van der Waals surface area contributed by atoms with E-state index in [-0.39, 0.29) is 17.9 Å². The van der Waals surface area contributed by atoms with Crippen LogP contribution in [0.25, 0.3) is 11.3 Å². The number of benzene rings is 1. The van der Waals surface area contributed by atoms with Gasteiger partial charge in [-0.2, -0.15) is 0 Å². The number of rotatable bonds is 5. The summed E-state index contributed by atoms with van der Waals surface area (Å²) in [5.41, 5.74) is 1.01. The Bertz CT molecular complexity index is 664. The number of carbonyl (C=O) groups is 2. The number of carbonyl (C=O) groups excluding carboxylic acids is 2. The van der Waals surface area contributed by atoms with Crippen LogP contribution in [0.1, 0.15) is 18.6 Å². The average Bonchev–Trinajstić information content (AvgIpc) is 3.16. The Balaban J connectivity index is 1.52. The van der Waals surface area contributed by atoms with Crippen LogP contribution >= 0.6 is 0 Å². The van der Waals surface area contributed by atoms with Gasteiger partial charge >= 0.3 is 0 Å². The summed E-state index contributed by atoms with van der Waals surface area (Å²) in [6, 6.07) is 13.2. The third kappa shape index (κ3) is 3.36. The molecule has 5 heteroatoms. The van der Waals surface area contributed by atoms with Gasteiger partial charge in [0.1, 0.15) is 17.6 Å². The van der Waals surface area contributed by atoms with Gasteiger partial charge in [0.25, 0.3) is 0 Å². The van der Waals surface area contributed by atoms with Crippen molar-refractivity contribution >= 4 is 11.8 Å². The third-order valence-corrected chi connectivity index (χ3v) is 3.70. The monoisotopic (exact) mass is 298 g/mol. The molecule has 1 aromatic carbocycles. The lowest BCUT2D eigenvalue weighted by molar-refractivity contribution is -0.127. The Morgan fingerprint density at radius 1 is 1.23 bits per heavy atom. The average molecular weight is 298 g/mol. The molecule has 114 valence electrons. The quantitative estimate of drug-likeness (QED) is 0.885. The second-order valence-electron chi connectivity index (χ2n) is 5.33. The Morgan fingerprint density at radius 2 is 2.05 bits per heavy atom. The zero-order valence-electron chi connectivity index (χ0n) is 12.2. The van der Waals surface area contributed by atoms with Gasteiger partial charge in [0.15, 0.2) is 0 Å². The maximum Gasteiger partial charge on any atom is 0.242 e. The van der Waals surface area contributed by atoms with Crippen molar-refractivity contribution in [1.82, 2.24) is 10.6 Å². The molecule has 0 unspecified atom stereocenters. The van der Waals surface area contributed by atoms with Crippen LogP contribution in [0.4, 0.5) is 0 Å². The predicted molar refractivity (Wildman–Crippen MR) is 82.0 cm³/mol. The summed E-state index contributed by atoms with van der Waals surface area (Å²) in [5.74, 6) is 1.34. The number of furan rings is 1. The van der Waals surface area contributed by atoms with E-state index in [1.165, 1.54) is 0 Å². The molecule has 3 rings (SSSR count). The molecule has 5 nitrogen and oxygen atoms in total. The van der Waals surface area contributed by atoms with E-state index in [1.807, 2.05) is 42.5 Å².